The molecule has 2 N–H and O–H groups in total. The number of hydrogen-bond donors (Lipinski definition) is 1. The van der Waals surface area contributed by atoms with Crippen molar-refractivity contribution >= 4 is 17.1 Å². The molecule has 0 aliphatic carbocycles. The lowest BCUT2D eigenvalue weighted by Crippen LogP contribution is -2.13. The second-order valence-electron chi connectivity index (χ2n) is 4.21. The van der Waals surface area contributed by atoms with Crippen LogP contribution < -0.4 is 10.6 Å². The standard InChI is InChI=1S/C14H17N3/c1-10-8-9-16-11(2)14(10)17(3)13-6-4-12(15)5-7-13/h4-9H,15H2,1-3H3. The molecular weight excluding hydrogens is 210 g/mol. The molecule has 0 atom stereocenters. The van der Waals surface area contributed by atoms with E-state index >= 15 is 0 Å². The molecule has 0 saturated heterocycles. The molecular formula is C14H17N3. The third-order valence-corrected chi connectivity index (χ3v) is 2.92. The molecule has 17 heavy (non-hydrogen) atoms. The van der Waals surface area contributed by atoms with Crippen LogP contribution in [0.4, 0.5) is 17.1 Å². The molecule has 0 saturated carbocycles. The van der Waals surface area contributed by atoms with Gasteiger partial charge in [-0.25, -0.2) is 0 Å². The first-order valence-electron chi connectivity index (χ1n) is 5.61. The van der Waals surface area contributed by atoms with Gasteiger partial charge in [0.05, 0.1) is 11.4 Å². The minimum atomic E-state index is 0.779. The van der Waals surface area contributed by atoms with Crippen LogP contribution >= 0.6 is 0 Å². The SMILES string of the molecule is Cc1ccnc(C)c1N(C)c1ccc(N)cc1. The predicted molar refractivity (Wildman–Crippen MR) is 72.6 cm³/mol. The molecule has 3 heteroatoms. The topological polar surface area (TPSA) is 42.2 Å². The lowest BCUT2D eigenvalue weighted by Gasteiger charge is -2.23. The molecule has 0 amide bonds. The summed E-state index contributed by atoms with van der Waals surface area (Å²) in [7, 11) is 2.04. The average molecular weight is 227 g/mol. The molecule has 2 aromatic rings. The van der Waals surface area contributed by atoms with Gasteiger partial charge in [0.2, 0.25) is 0 Å². The van der Waals surface area contributed by atoms with Crippen LogP contribution in [0, 0.1) is 13.8 Å². The zero-order chi connectivity index (χ0) is 12.4. The number of nitrogen functional groups attached to an aromatic ring is 1. The third-order valence-electron chi connectivity index (χ3n) is 2.92. The molecule has 2 rings (SSSR count). The minimum Gasteiger partial charge on any atom is -0.399 e. The van der Waals surface area contributed by atoms with Gasteiger partial charge < -0.3 is 10.6 Å². The van der Waals surface area contributed by atoms with Crippen LogP contribution in [-0.2, 0) is 0 Å². The maximum atomic E-state index is 5.69. The quantitative estimate of drug-likeness (QED) is 0.802. The smallest absolute Gasteiger partial charge is 0.0654 e. The van der Waals surface area contributed by atoms with Crippen molar-refractivity contribution in [1.29, 1.82) is 0 Å². The Morgan fingerprint density at radius 3 is 2.29 bits per heavy atom. The predicted octanol–water partition coefficient (Wildman–Crippen LogP) is 3.05. The van der Waals surface area contributed by atoms with Crippen LogP contribution in [0.15, 0.2) is 36.5 Å². The van der Waals surface area contributed by atoms with Gasteiger partial charge in [-0.15, -0.1) is 0 Å². The van der Waals surface area contributed by atoms with Crippen molar-refractivity contribution in [3.63, 3.8) is 0 Å². The Morgan fingerprint density at radius 2 is 1.71 bits per heavy atom. The van der Waals surface area contributed by atoms with Gasteiger partial charge in [0.15, 0.2) is 0 Å². The number of aryl methyl sites for hydroxylation is 2. The summed E-state index contributed by atoms with van der Waals surface area (Å²) in [6, 6.07) is 9.87. The summed E-state index contributed by atoms with van der Waals surface area (Å²) in [5.41, 5.74) is 11.0. The van der Waals surface area contributed by atoms with Gasteiger partial charge in [0.1, 0.15) is 0 Å². The van der Waals surface area contributed by atoms with Crippen molar-refractivity contribution in [2.45, 2.75) is 13.8 Å². The first kappa shape index (κ1) is 11.5. The number of aromatic nitrogens is 1. The van der Waals surface area contributed by atoms with Gasteiger partial charge in [0, 0.05) is 24.6 Å². The first-order chi connectivity index (χ1) is 8.09. The molecule has 0 aliphatic rings. The summed E-state index contributed by atoms with van der Waals surface area (Å²) in [6.45, 7) is 4.12. The fraction of sp³-hybridized carbons (Fsp3) is 0.214. The number of anilines is 3. The van der Waals surface area contributed by atoms with E-state index in [0.717, 1.165) is 22.8 Å². The molecule has 1 aromatic heterocycles. The van der Waals surface area contributed by atoms with E-state index in [2.05, 4.69) is 16.8 Å². The number of pyridine rings is 1. The molecule has 1 aromatic carbocycles. The number of nitrogens with zero attached hydrogens (tertiary/aromatic N) is 2. The van der Waals surface area contributed by atoms with Crippen molar-refractivity contribution in [2.24, 2.45) is 0 Å². The van der Waals surface area contributed by atoms with Crippen molar-refractivity contribution in [1.82, 2.24) is 4.98 Å². The molecule has 88 valence electrons. The summed E-state index contributed by atoms with van der Waals surface area (Å²) < 4.78 is 0. The van der Waals surface area contributed by atoms with Gasteiger partial charge >= 0.3 is 0 Å². The van der Waals surface area contributed by atoms with E-state index in [1.54, 1.807) is 0 Å². The van der Waals surface area contributed by atoms with Gasteiger partial charge in [-0.2, -0.15) is 0 Å². The van der Waals surface area contributed by atoms with E-state index in [0.29, 0.717) is 0 Å². The maximum Gasteiger partial charge on any atom is 0.0654 e. The lowest BCUT2D eigenvalue weighted by molar-refractivity contribution is 1.10. The van der Waals surface area contributed by atoms with Crippen molar-refractivity contribution in [2.75, 3.05) is 17.7 Å². The summed E-state index contributed by atoms with van der Waals surface area (Å²) in [5, 5.41) is 0. The molecule has 0 fully saturated rings. The van der Waals surface area contributed by atoms with Gasteiger partial charge in [-0.05, 0) is 49.7 Å². The van der Waals surface area contributed by atoms with Crippen molar-refractivity contribution in [3.05, 3.63) is 47.8 Å². The van der Waals surface area contributed by atoms with Crippen molar-refractivity contribution < 1.29 is 0 Å². The largest absolute Gasteiger partial charge is 0.399 e. The molecule has 1 heterocycles. The van der Waals surface area contributed by atoms with Crippen LogP contribution in [0.5, 0.6) is 0 Å². The summed E-state index contributed by atoms with van der Waals surface area (Å²) >= 11 is 0. The van der Waals surface area contributed by atoms with E-state index in [9.17, 15) is 0 Å². The normalized spacial score (nSPS) is 10.3. The number of hydrogen-bond acceptors (Lipinski definition) is 3. The van der Waals surface area contributed by atoms with E-state index in [-0.39, 0.29) is 0 Å². The number of benzene rings is 1. The molecule has 0 radical (unpaired) electrons. The second-order valence-corrected chi connectivity index (χ2v) is 4.21. The fourth-order valence-corrected chi connectivity index (χ4v) is 2.02. The Balaban J connectivity index is 2.43. The van der Waals surface area contributed by atoms with E-state index in [4.69, 9.17) is 5.73 Å². The lowest BCUT2D eigenvalue weighted by atomic mass is 10.1. The van der Waals surface area contributed by atoms with Gasteiger partial charge in [0.25, 0.3) is 0 Å². The summed E-state index contributed by atoms with van der Waals surface area (Å²) in [4.78, 5) is 6.47. The molecule has 0 bridgehead atoms. The Bertz CT molecular complexity index is 497. The number of nitrogens with two attached hydrogens (primary N) is 1. The van der Waals surface area contributed by atoms with E-state index in [1.807, 2.05) is 50.5 Å². The monoisotopic (exact) mass is 227 g/mol. The van der Waals surface area contributed by atoms with Crippen molar-refractivity contribution in [3.8, 4) is 0 Å². The van der Waals surface area contributed by atoms with Gasteiger partial charge in [-0.1, -0.05) is 0 Å². The van der Waals surface area contributed by atoms with Gasteiger partial charge in [-0.3, -0.25) is 4.98 Å². The second kappa shape index (κ2) is 4.45. The summed E-state index contributed by atoms with van der Waals surface area (Å²) in [6.07, 6.45) is 1.84. The highest BCUT2D eigenvalue weighted by Crippen LogP contribution is 2.28. The number of rotatable bonds is 2. The maximum absolute atomic E-state index is 5.69. The van der Waals surface area contributed by atoms with Crippen LogP contribution in [0.1, 0.15) is 11.3 Å². The van der Waals surface area contributed by atoms with E-state index < -0.39 is 0 Å². The molecule has 0 unspecified atom stereocenters. The Labute approximate surface area is 102 Å². The Hall–Kier alpha value is -2.03. The highest BCUT2D eigenvalue weighted by atomic mass is 15.1. The Morgan fingerprint density at radius 1 is 1.06 bits per heavy atom. The van der Waals surface area contributed by atoms with Crippen LogP contribution in [-0.4, -0.2) is 12.0 Å². The fourth-order valence-electron chi connectivity index (χ4n) is 2.02. The zero-order valence-electron chi connectivity index (χ0n) is 10.4. The first-order valence-corrected chi connectivity index (χ1v) is 5.61. The van der Waals surface area contributed by atoms with Crippen LogP contribution in [0.2, 0.25) is 0 Å². The Kier molecular flexibility index (Phi) is 3.00. The zero-order valence-corrected chi connectivity index (χ0v) is 10.4. The highest BCUT2D eigenvalue weighted by molar-refractivity contribution is 5.68. The van der Waals surface area contributed by atoms with Crippen LogP contribution in [0.3, 0.4) is 0 Å². The highest BCUT2D eigenvalue weighted by Gasteiger charge is 2.10. The minimum absolute atomic E-state index is 0.779. The molecule has 3 nitrogen and oxygen atoms in total. The molecule has 0 aliphatic heterocycles. The average Bonchev–Trinajstić information content (AvgIpc) is 2.29. The third kappa shape index (κ3) is 2.23. The van der Waals surface area contributed by atoms with Crippen LogP contribution in [0.25, 0.3) is 0 Å². The molecule has 0 spiro atoms. The van der Waals surface area contributed by atoms with E-state index in [1.165, 1.54) is 5.56 Å². The summed E-state index contributed by atoms with van der Waals surface area (Å²) in [5.74, 6) is 0.